The molecule has 1 aliphatic heterocycles. The molecule has 4 nitrogen and oxygen atoms in total. The Morgan fingerprint density at radius 1 is 1.53 bits per heavy atom. The normalized spacial score (nSPS) is 20.3. The Hall–Kier alpha value is -0.420. The van der Waals surface area contributed by atoms with Gasteiger partial charge in [0.25, 0.3) is 0 Å². The zero-order chi connectivity index (χ0) is 12.5. The van der Waals surface area contributed by atoms with Crippen LogP contribution in [0.5, 0.6) is 0 Å². The molecule has 2 amide bonds. The number of amides is 2. The van der Waals surface area contributed by atoms with Gasteiger partial charge in [0, 0.05) is 24.9 Å². The first kappa shape index (κ1) is 14.6. The molecule has 0 aromatic carbocycles. The van der Waals surface area contributed by atoms with Gasteiger partial charge in [0.2, 0.25) is 0 Å². The van der Waals surface area contributed by atoms with Crippen LogP contribution in [0, 0.1) is 5.92 Å². The van der Waals surface area contributed by atoms with Crippen molar-refractivity contribution < 1.29 is 9.53 Å². The van der Waals surface area contributed by atoms with E-state index in [0.29, 0.717) is 25.1 Å². The fourth-order valence-electron chi connectivity index (χ4n) is 1.65. The fourth-order valence-corrected chi connectivity index (χ4v) is 2.72. The maximum Gasteiger partial charge on any atom is 0.315 e. The van der Waals surface area contributed by atoms with Gasteiger partial charge in [-0.3, -0.25) is 0 Å². The third-order valence-corrected chi connectivity index (χ3v) is 3.69. The van der Waals surface area contributed by atoms with Crippen molar-refractivity contribution in [2.45, 2.75) is 32.7 Å². The standard InChI is InChI=1S/C12H24N2O2S/c1-10(2)8-16-6-5-13-12(15)14-11-4-3-7-17-9-11/h10-11H,3-9H2,1-2H3,(H2,13,14,15)/t11-/m1/s1. The van der Waals surface area contributed by atoms with E-state index in [4.69, 9.17) is 4.74 Å². The van der Waals surface area contributed by atoms with Crippen molar-refractivity contribution in [1.29, 1.82) is 0 Å². The van der Waals surface area contributed by atoms with Gasteiger partial charge in [-0.15, -0.1) is 0 Å². The van der Waals surface area contributed by atoms with Crippen LogP contribution in [0.4, 0.5) is 4.79 Å². The van der Waals surface area contributed by atoms with Crippen LogP contribution in [0.15, 0.2) is 0 Å². The van der Waals surface area contributed by atoms with Crippen molar-refractivity contribution in [2.75, 3.05) is 31.3 Å². The second-order valence-electron chi connectivity index (χ2n) is 4.78. The summed E-state index contributed by atoms with van der Waals surface area (Å²) in [6.45, 7) is 6.15. The molecule has 1 saturated heterocycles. The maximum atomic E-state index is 11.5. The van der Waals surface area contributed by atoms with E-state index in [1.807, 2.05) is 11.8 Å². The minimum absolute atomic E-state index is 0.0642. The predicted octanol–water partition coefficient (Wildman–Crippen LogP) is 1.85. The Morgan fingerprint density at radius 3 is 3.00 bits per heavy atom. The van der Waals surface area contributed by atoms with E-state index in [0.717, 1.165) is 18.8 Å². The first-order valence-corrected chi connectivity index (χ1v) is 7.54. The molecular weight excluding hydrogens is 236 g/mol. The van der Waals surface area contributed by atoms with E-state index in [2.05, 4.69) is 24.5 Å². The fraction of sp³-hybridized carbons (Fsp3) is 0.917. The van der Waals surface area contributed by atoms with Gasteiger partial charge in [0.15, 0.2) is 0 Å². The predicted molar refractivity (Wildman–Crippen MR) is 72.5 cm³/mol. The monoisotopic (exact) mass is 260 g/mol. The number of urea groups is 1. The van der Waals surface area contributed by atoms with Crippen molar-refractivity contribution in [2.24, 2.45) is 5.92 Å². The number of ether oxygens (including phenoxy) is 1. The summed E-state index contributed by atoms with van der Waals surface area (Å²) in [5.74, 6) is 2.81. The molecular formula is C12H24N2O2S. The lowest BCUT2D eigenvalue weighted by Gasteiger charge is -2.22. The van der Waals surface area contributed by atoms with Crippen molar-refractivity contribution in [3.05, 3.63) is 0 Å². The quantitative estimate of drug-likeness (QED) is 0.717. The molecule has 0 aliphatic carbocycles. The Bertz CT molecular complexity index is 219. The van der Waals surface area contributed by atoms with Gasteiger partial charge in [0.05, 0.1) is 6.61 Å². The molecule has 1 aliphatic rings. The Balaban J connectivity index is 1.97. The number of hydrogen-bond acceptors (Lipinski definition) is 3. The number of carbonyl (C=O) groups excluding carboxylic acids is 1. The molecule has 1 heterocycles. The molecule has 0 spiro atoms. The highest BCUT2D eigenvalue weighted by Crippen LogP contribution is 2.16. The van der Waals surface area contributed by atoms with Gasteiger partial charge in [-0.1, -0.05) is 13.8 Å². The van der Waals surface area contributed by atoms with Crippen LogP contribution in [0.2, 0.25) is 0 Å². The molecule has 1 fully saturated rings. The van der Waals surface area contributed by atoms with E-state index in [1.165, 1.54) is 12.2 Å². The van der Waals surface area contributed by atoms with Gasteiger partial charge >= 0.3 is 6.03 Å². The molecule has 0 bridgehead atoms. The second-order valence-corrected chi connectivity index (χ2v) is 5.93. The number of nitrogens with one attached hydrogen (secondary N) is 2. The first-order valence-electron chi connectivity index (χ1n) is 6.38. The minimum atomic E-state index is -0.0642. The van der Waals surface area contributed by atoms with Gasteiger partial charge in [-0.25, -0.2) is 4.79 Å². The average Bonchev–Trinajstić information content (AvgIpc) is 2.29. The summed E-state index contributed by atoms with van der Waals surface area (Å²) in [6.07, 6.45) is 2.30. The summed E-state index contributed by atoms with van der Waals surface area (Å²) in [5.41, 5.74) is 0. The van der Waals surface area contributed by atoms with E-state index >= 15 is 0 Å². The molecule has 1 atom stereocenters. The molecule has 100 valence electrons. The van der Waals surface area contributed by atoms with E-state index in [-0.39, 0.29) is 6.03 Å². The third-order valence-electron chi connectivity index (χ3n) is 2.48. The molecule has 0 unspecified atom stereocenters. The van der Waals surface area contributed by atoms with Crippen molar-refractivity contribution >= 4 is 17.8 Å². The summed E-state index contributed by atoms with van der Waals surface area (Å²) in [6, 6.07) is 0.274. The van der Waals surface area contributed by atoms with Gasteiger partial charge in [-0.05, 0) is 24.5 Å². The minimum Gasteiger partial charge on any atom is -0.379 e. The van der Waals surface area contributed by atoms with Gasteiger partial charge < -0.3 is 15.4 Å². The van der Waals surface area contributed by atoms with Crippen molar-refractivity contribution in [3.63, 3.8) is 0 Å². The van der Waals surface area contributed by atoms with Crippen LogP contribution in [-0.2, 0) is 4.74 Å². The Morgan fingerprint density at radius 2 is 2.35 bits per heavy atom. The highest BCUT2D eigenvalue weighted by atomic mass is 32.2. The zero-order valence-corrected chi connectivity index (χ0v) is 11.6. The lowest BCUT2D eigenvalue weighted by atomic mass is 10.2. The van der Waals surface area contributed by atoms with Crippen LogP contribution in [-0.4, -0.2) is 43.3 Å². The van der Waals surface area contributed by atoms with Gasteiger partial charge in [-0.2, -0.15) is 11.8 Å². The summed E-state index contributed by atoms with van der Waals surface area (Å²) in [4.78, 5) is 11.5. The second kappa shape index (κ2) is 8.64. The van der Waals surface area contributed by atoms with Crippen LogP contribution in [0.3, 0.4) is 0 Å². The SMILES string of the molecule is CC(C)COCCNC(=O)N[C@@H]1CCCSC1. The summed E-state index contributed by atoms with van der Waals surface area (Å²) in [5, 5.41) is 5.81. The number of hydrogen-bond donors (Lipinski definition) is 2. The molecule has 17 heavy (non-hydrogen) atoms. The lowest BCUT2D eigenvalue weighted by molar-refractivity contribution is 0.112. The Labute approximate surface area is 108 Å². The smallest absolute Gasteiger partial charge is 0.315 e. The Kier molecular flexibility index (Phi) is 7.44. The molecule has 0 radical (unpaired) electrons. The van der Waals surface area contributed by atoms with Crippen molar-refractivity contribution in [3.8, 4) is 0 Å². The molecule has 0 aromatic rings. The van der Waals surface area contributed by atoms with Crippen LogP contribution in [0.1, 0.15) is 26.7 Å². The number of thioether (sulfide) groups is 1. The van der Waals surface area contributed by atoms with Crippen molar-refractivity contribution in [1.82, 2.24) is 10.6 Å². The first-order chi connectivity index (χ1) is 8.18. The molecule has 1 rings (SSSR count). The third kappa shape index (κ3) is 7.49. The summed E-state index contributed by atoms with van der Waals surface area (Å²) < 4.78 is 5.39. The zero-order valence-electron chi connectivity index (χ0n) is 10.8. The number of carbonyl (C=O) groups is 1. The van der Waals surface area contributed by atoms with Crippen LogP contribution < -0.4 is 10.6 Å². The molecule has 0 saturated carbocycles. The van der Waals surface area contributed by atoms with Crippen LogP contribution >= 0.6 is 11.8 Å². The maximum absolute atomic E-state index is 11.5. The number of rotatable bonds is 6. The van der Waals surface area contributed by atoms with E-state index in [9.17, 15) is 4.79 Å². The highest BCUT2D eigenvalue weighted by molar-refractivity contribution is 7.99. The van der Waals surface area contributed by atoms with Gasteiger partial charge in [0.1, 0.15) is 0 Å². The van der Waals surface area contributed by atoms with E-state index < -0.39 is 0 Å². The highest BCUT2D eigenvalue weighted by Gasteiger charge is 2.15. The summed E-state index contributed by atoms with van der Waals surface area (Å²) >= 11 is 1.91. The summed E-state index contributed by atoms with van der Waals surface area (Å²) in [7, 11) is 0. The van der Waals surface area contributed by atoms with E-state index in [1.54, 1.807) is 0 Å². The molecule has 0 aromatic heterocycles. The lowest BCUT2D eigenvalue weighted by Crippen LogP contribution is -2.45. The van der Waals surface area contributed by atoms with Crippen LogP contribution in [0.25, 0.3) is 0 Å². The average molecular weight is 260 g/mol. The largest absolute Gasteiger partial charge is 0.379 e. The molecule has 5 heteroatoms. The molecule has 2 N–H and O–H groups in total. The topological polar surface area (TPSA) is 50.4 Å².